The van der Waals surface area contributed by atoms with E-state index in [4.69, 9.17) is 9.47 Å². The molecule has 2 aromatic carbocycles. The first-order chi connectivity index (χ1) is 11.2. The second kappa shape index (κ2) is 8.94. The Balaban J connectivity index is 1.82. The molecular weight excluding hydrogens is 290 g/mol. The van der Waals surface area contributed by atoms with E-state index in [1.54, 1.807) is 7.11 Å². The van der Waals surface area contributed by atoms with E-state index in [1.807, 2.05) is 54.6 Å². The molecule has 0 aromatic heterocycles. The minimum absolute atomic E-state index is 0.212. The predicted octanol–water partition coefficient (Wildman–Crippen LogP) is 3.27. The van der Waals surface area contributed by atoms with Gasteiger partial charge in [0.25, 0.3) is 0 Å². The number of aliphatic hydroxyl groups excluding tert-OH is 1. The van der Waals surface area contributed by atoms with Crippen LogP contribution in [-0.2, 0) is 11.3 Å². The van der Waals surface area contributed by atoms with Gasteiger partial charge in [-0.25, -0.2) is 0 Å². The smallest absolute Gasteiger partial charge is 0.118 e. The molecule has 0 saturated heterocycles. The Labute approximate surface area is 136 Å². The van der Waals surface area contributed by atoms with Gasteiger partial charge in [0.15, 0.2) is 0 Å². The minimum atomic E-state index is -0.675. The molecular formula is C19H21NO3. The maximum atomic E-state index is 10.1. The van der Waals surface area contributed by atoms with E-state index >= 15 is 0 Å². The maximum absolute atomic E-state index is 10.1. The van der Waals surface area contributed by atoms with Crippen LogP contribution in [0.2, 0.25) is 0 Å². The van der Waals surface area contributed by atoms with Crippen molar-refractivity contribution >= 4 is 0 Å². The number of hydrogen-bond donors (Lipinski definition) is 1. The highest BCUT2D eigenvalue weighted by Gasteiger charge is 2.16. The summed E-state index contributed by atoms with van der Waals surface area (Å²) in [6.07, 6.45) is -0.331. The molecule has 0 aliphatic carbocycles. The van der Waals surface area contributed by atoms with Crippen molar-refractivity contribution in [1.29, 1.82) is 5.26 Å². The third-order valence-electron chi connectivity index (χ3n) is 3.60. The number of methoxy groups -OCH3 is 1. The summed E-state index contributed by atoms with van der Waals surface area (Å²) in [6.45, 7) is 0.668. The van der Waals surface area contributed by atoms with E-state index in [0.717, 1.165) is 16.9 Å². The van der Waals surface area contributed by atoms with Crippen LogP contribution in [0.3, 0.4) is 0 Å². The Morgan fingerprint density at radius 2 is 1.78 bits per heavy atom. The fourth-order valence-electron chi connectivity index (χ4n) is 2.33. The van der Waals surface area contributed by atoms with Crippen molar-refractivity contribution in [2.45, 2.75) is 25.0 Å². The molecule has 2 rings (SSSR count). The Kier molecular flexibility index (Phi) is 6.61. The lowest BCUT2D eigenvalue weighted by Crippen LogP contribution is -2.18. The maximum Gasteiger partial charge on any atom is 0.118 e. The normalized spacial score (nSPS) is 13.1. The predicted molar refractivity (Wildman–Crippen MR) is 88.1 cm³/mol. The molecule has 4 nitrogen and oxygen atoms in total. The Morgan fingerprint density at radius 3 is 2.39 bits per heavy atom. The first kappa shape index (κ1) is 17.0. The van der Waals surface area contributed by atoms with Gasteiger partial charge in [-0.1, -0.05) is 42.5 Å². The topological polar surface area (TPSA) is 62.5 Å². The van der Waals surface area contributed by atoms with Gasteiger partial charge in [0.1, 0.15) is 5.75 Å². The number of aliphatic hydroxyl groups is 1. The molecule has 0 saturated carbocycles. The quantitative estimate of drug-likeness (QED) is 0.812. The van der Waals surface area contributed by atoms with E-state index in [0.29, 0.717) is 13.0 Å². The number of ether oxygens (including phenoxy) is 2. The molecule has 1 N–H and O–H groups in total. The summed E-state index contributed by atoms with van der Waals surface area (Å²) in [6, 6.07) is 19.4. The summed E-state index contributed by atoms with van der Waals surface area (Å²) in [5.74, 6) is 0.383. The zero-order valence-corrected chi connectivity index (χ0v) is 13.2. The van der Waals surface area contributed by atoms with Crippen molar-refractivity contribution in [1.82, 2.24) is 0 Å². The van der Waals surface area contributed by atoms with E-state index in [1.165, 1.54) is 0 Å². The average Bonchev–Trinajstić information content (AvgIpc) is 2.61. The monoisotopic (exact) mass is 311 g/mol. The zero-order valence-electron chi connectivity index (χ0n) is 13.2. The van der Waals surface area contributed by atoms with Crippen LogP contribution in [0.15, 0.2) is 54.6 Å². The summed E-state index contributed by atoms with van der Waals surface area (Å²) in [5, 5.41) is 19.4. The fourth-order valence-corrected chi connectivity index (χ4v) is 2.33. The van der Waals surface area contributed by atoms with Crippen LogP contribution in [0.25, 0.3) is 0 Å². The minimum Gasteiger partial charge on any atom is -0.497 e. The molecule has 2 aromatic rings. The summed E-state index contributed by atoms with van der Waals surface area (Å²) in [7, 11) is 1.60. The summed E-state index contributed by atoms with van der Waals surface area (Å²) < 4.78 is 10.6. The molecule has 0 fully saturated rings. The number of benzene rings is 2. The van der Waals surface area contributed by atoms with Crippen LogP contribution in [0, 0.1) is 11.3 Å². The molecule has 120 valence electrons. The van der Waals surface area contributed by atoms with Crippen LogP contribution in [0.4, 0.5) is 0 Å². The third-order valence-corrected chi connectivity index (χ3v) is 3.60. The summed E-state index contributed by atoms with van der Waals surface area (Å²) >= 11 is 0. The second-order valence-electron chi connectivity index (χ2n) is 5.35. The molecule has 0 aliphatic heterocycles. The highest BCUT2D eigenvalue weighted by atomic mass is 16.5. The van der Waals surface area contributed by atoms with Gasteiger partial charge in [-0.15, -0.1) is 0 Å². The lowest BCUT2D eigenvalue weighted by Gasteiger charge is -2.15. The Bertz CT molecular complexity index is 619. The van der Waals surface area contributed by atoms with E-state index in [-0.39, 0.29) is 12.5 Å². The van der Waals surface area contributed by atoms with Gasteiger partial charge in [0, 0.05) is 0 Å². The van der Waals surface area contributed by atoms with Crippen molar-refractivity contribution in [3.8, 4) is 11.8 Å². The van der Waals surface area contributed by atoms with Crippen molar-refractivity contribution in [3.05, 3.63) is 65.7 Å². The molecule has 2 atom stereocenters. The molecule has 0 spiro atoms. The number of hydrogen-bond acceptors (Lipinski definition) is 4. The molecule has 2 unspecified atom stereocenters. The van der Waals surface area contributed by atoms with Gasteiger partial charge in [-0.05, 0) is 29.7 Å². The van der Waals surface area contributed by atoms with Crippen LogP contribution in [0.1, 0.15) is 23.5 Å². The number of rotatable bonds is 8. The SMILES string of the molecule is COc1ccc(C(C#N)CC(O)COCc2ccccc2)cc1. The fraction of sp³-hybridized carbons (Fsp3) is 0.316. The van der Waals surface area contributed by atoms with E-state index < -0.39 is 6.10 Å². The summed E-state index contributed by atoms with van der Waals surface area (Å²) in [4.78, 5) is 0. The molecule has 0 amide bonds. The first-order valence-electron chi connectivity index (χ1n) is 7.56. The first-order valence-corrected chi connectivity index (χ1v) is 7.56. The van der Waals surface area contributed by atoms with Crippen LogP contribution >= 0.6 is 0 Å². The highest BCUT2D eigenvalue weighted by Crippen LogP contribution is 2.23. The molecule has 0 radical (unpaired) electrons. The standard InChI is InChI=1S/C19H21NO3/c1-22-19-9-7-16(8-10-19)17(12-20)11-18(21)14-23-13-15-5-3-2-4-6-15/h2-10,17-18,21H,11,13-14H2,1H3. The van der Waals surface area contributed by atoms with Gasteiger partial charge >= 0.3 is 0 Å². The highest BCUT2D eigenvalue weighted by molar-refractivity contribution is 5.32. The Hall–Kier alpha value is -2.35. The van der Waals surface area contributed by atoms with Gasteiger partial charge in [0.05, 0.1) is 38.4 Å². The molecule has 23 heavy (non-hydrogen) atoms. The van der Waals surface area contributed by atoms with Gasteiger partial charge in [-0.2, -0.15) is 5.26 Å². The van der Waals surface area contributed by atoms with E-state index in [2.05, 4.69) is 6.07 Å². The largest absolute Gasteiger partial charge is 0.497 e. The van der Waals surface area contributed by atoms with Crippen LogP contribution in [-0.4, -0.2) is 24.9 Å². The van der Waals surface area contributed by atoms with Gasteiger partial charge in [-0.3, -0.25) is 0 Å². The van der Waals surface area contributed by atoms with Crippen molar-refractivity contribution in [2.75, 3.05) is 13.7 Å². The zero-order chi connectivity index (χ0) is 16.5. The van der Waals surface area contributed by atoms with Crippen LogP contribution in [0.5, 0.6) is 5.75 Å². The Morgan fingerprint density at radius 1 is 1.09 bits per heavy atom. The van der Waals surface area contributed by atoms with Gasteiger partial charge in [0.2, 0.25) is 0 Å². The lowest BCUT2D eigenvalue weighted by atomic mass is 9.94. The molecule has 4 heteroatoms. The third kappa shape index (κ3) is 5.41. The number of nitriles is 1. The number of nitrogens with zero attached hydrogens (tertiary/aromatic N) is 1. The van der Waals surface area contributed by atoms with Crippen LogP contribution < -0.4 is 4.74 Å². The van der Waals surface area contributed by atoms with Crippen molar-refractivity contribution in [2.24, 2.45) is 0 Å². The van der Waals surface area contributed by atoms with Crippen molar-refractivity contribution in [3.63, 3.8) is 0 Å². The van der Waals surface area contributed by atoms with Crippen molar-refractivity contribution < 1.29 is 14.6 Å². The average molecular weight is 311 g/mol. The second-order valence-corrected chi connectivity index (χ2v) is 5.35. The molecule has 0 aliphatic rings. The molecule has 0 heterocycles. The molecule has 0 bridgehead atoms. The van der Waals surface area contributed by atoms with Gasteiger partial charge < -0.3 is 14.6 Å². The lowest BCUT2D eigenvalue weighted by molar-refractivity contribution is 0.0232. The summed E-state index contributed by atoms with van der Waals surface area (Å²) in [5.41, 5.74) is 1.93. The van der Waals surface area contributed by atoms with E-state index in [9.17, 15) is 10.4 Å².